The van der Waals surface area contributed by atoms with Crippen molar-refractivity contribution in [2.24, 2.45) is 0 Å². The van der Waals surface area contributed by atoms with Gasteiger partial charge in [-0.2, -0.15) is 0 Å². The summed E-state index contributed by atoms with van der Waals surface area (Å²) in [5.41, 5.74) is 0. The van der Waals surface area contributed by atoms with E-state index >= 15 is 0 Å². The number of hydrogen-bond donors (Lipinski definition) is 2. The molecule has 0 aromatic carbocycles. The number of hydrogen-bond acceptors (Lipinski definition) is 4. The number of aliphatic carboxylic acids is 1. The van der Waals surface area contributed by atoms with Crippen LogP contribution in [0.15, 0.2) is 23.7 Å². The van der Waals surface area contributed by atoms with Crippen molar-refractivity contribution in [3.05, 3.63) is 28.7 Å². The van der Waals surface area contributed by atoms with Crippen LogP contribution in [0.1, 0.15) is 5.01 Å². The summed E-state index contributed by atoms with van der Waals surface area (Å²) in [5.74, 6) is -1.59. The van der Waals surface area contributed by atoms with Crippen LogP contribution in [-0.4, -0.2) is 22.0 Å². The molecule has 14 heavy (non-hydrogen) atoms. The van der Waals surface area contributed by atoms with Gasteiger partial charge >= 0.3 is 5.97 Å². The minimum Gasteiger partial charge on any atom is -0.478 e. The second kappa shape index (κ2) is 5.13. The van der Waals surface area contributed by atoms with Gasteiger partial charge in [-0.05, 0) is 0 Å². The minimum absolute atomic E-state index is 0.320. The van der Waals surface area contributed by atoms with E-state index in [1.54, 1.807) is 11.6 Å². The molecule has 6 heteroatoms. The fourth-order valence-corrected chi connectivity index (χ4v) is 1.26. The third-order valence-corrected chi connectivity index (χ3v) is 2.05. The lowest BCUT2D eigenvalue weighted by Crippen LogP contribution is -2.20. The van der Waals surface area contributed by atoms with E-state index in [4.69, 9.17) is 5.11 Å². The third kappa shape index (κ3) is 3.81. The van der Waals surface area contributed by atoms with Crippen molar-refractivity contribution in [3.63, 3.8) is 0 Å². The second-order valence-corrected chi connectivity index (χ2v) is 3.29. The first-order valence-corrected chi connectivity index (χ1v) is 4.63. The molecule has 1 heterocycles. The van der Waals surface area contributed by atoms with Gasteiger partial charge in [0.25, 0.3) is 0 Å². The molecule has 0 atom stereocenters. The summed E-state index contributed by atoms with van der Waals surface area (Å²) >= 11 is 1.42. The van der Waals surface area contributed by atoms with Crippen LogP contribution in [0.25, 0.3) is 0 Å². The highest BCUT2D eigenvalue weighted by Gasteiger charge is 1.98. The number of nitrogens with zero attached hydrogens (tertiary/aromatic N) is 1. The van der Waals surface area contributed by atoms with Crippen molar-refractivity contribution in [2.75, 3.05) is 0 Å². The molecule has 0 unspecified atom stereocenters. The molecule has 1 aromatic rings. The molecule has 0 saturated heterocycles. The Kier molecular flexibility index (Phi) is 3.81. The summed E-state index contributed by atoms with van der Waals surface area (Å²) in [6, 6.07) is 0. The maximum absolute atomic E-state index is 11.0. The molecule has 2 N–H and O–H groups in total. The molecular weight excluding hydrogens is 204 g/mol. The highest BCUT2D eigenvalue weighted by molar-refractivity contribution is 7.09. The molecular formula is C8H8N2O3S. The lowest BCUT2D eigenvalue weighted by Gasteiger charge is -1.96. The zero-order valence-corrected chi connectivity index (χ0v) is 7.95. The van der Waals surface area contributed by atoms with Crippen LogP contribution in [0, 0.1) is 0 Å². The molecule has 74 valence electrons. The fourth-order valence-electron chi connectivity index (χ4n) is 0.709. The molecule has 0 bridgehead atoms. The Bertz CT molecular complexity index is 345. The van der Waals surface area contributed by atoms with Crippen LogP contribution >= 0.6 is 11.3 Å². The van der Waals surface area contributed by atoms with Crippen molar-refractivity contribution in [1.82, 2.24) is 10.3 Å². The van der Waals surface area contributed by atoms with E-state index < -0.39 is 11.9 Å². The molecule has 0 radical (unpaired) electrons. The van der Waals surface area contributed by atoms with Gasteiger partial charge in [0, 0.05) is 23.7 Å². The summed E-state index contributed by atoms with van der Waals surface area (Å²) in [6.45, 7) is 0.320. The molecule has 0 saturated carbocycles. The van der Waals surface area contributed by atoms with E-state index in [-0.39, 0.29) is 0 Å². The Labute approximate surface area is 84.1 Å². The average Bonchev–Trinajstić information content (AvgIpc) is 2.63. The van der Waals surface area contributed by atoms with Crippen molar-refractivity contribution in [2.45, 2.75) is 6.54 Å². The predicted octanol–water partition coefficient (Wildman–Crippen LogP) is 0.400. The first kappa shape index (κ1) is 10.4. The summed E-state index contributed by atoms with van der Waals surface area (Å²) in [7, 11) is 0. The van der Waals surface area contributed by atoms with E-state index in [0.29, 0.717) is 6.54 Å². The molecule has 0 spiro atoms. The average molecular weight is 212 g/mol. The van der Waals surface area contributed by atoms with Gasteiger partial charge in [0.2, 0.25) is 5.91 Å². The number of carboxylic acids is 1. The standard InChI is InChI=1S/C8H8N2O3S/c11-6(1-2-8(12)13)10-5-7-9-3-4-14-7/h1-4H,5H2,(H,10,11)(H,12,13)/b2-1+. The SMILES string of the molecule is O=C(O)/C=C/C(=O)NCc1nccs1. The predicted molar refractivity (Wildman–Crippen MR) is 50.7 cm³/mol. The van der Waals surface area contributed by atoms with Crippen LogP contribution in [0.4, 0.5) is 0 Å². The van der Waals surface area contributed by atoms with Gasteiger partial charge in [-0.1, -0.05) is 0 Å². The first-order chi connectivity index (χ1) is 6.68. The van der Waals surface area contributed by atoms with Gasteiger partial charge in [0.15, 0.2) is 0 Å². The summed E-state index contributed by atoms with van der Waals surface area (Å²) in [4.78, 5) is 25.0. The monoisotopic (exact) mass is 212 g/mol. The number of aromatic nitrogens is 1. The van der Waals surface area contributed by atoms with Gasteiger partial charge in [0.05, 0.1) is 6.54 Å². The summed E-state index contributed by atoms with van der Waals surface area (Å²) < 4.78 is 0. The van der Waals surface area contributed by atoms with E-state index in [1.165, 1.54) is 11.3 Å². The van der Waals surface area contributed by atoms with E-state index in [0.717, 1.165) is 17.2 Å². The number of nitrogens with one attached hydrogen (secondary N) is 1. The Morgan fingerprint density at radius 2 is 2.36 bits per heavy atom. The molecule has 5 nitrogen and oxygen atoms in total. The first-order valence-electron chi connectivity index (χ1n) is 3.75. The van der Waals surface area contributed by atoms with Crippen molar-refractivity contribution >= 4 is 23.2 Å². The van der Waals surface area contributed by atoms with Gasteiger partial charge < -0.3 is 10.4 Å². The van der Waals surface area contributed by atoms with Crippen LogP contribution in [0.2, 0.25) is 0 Å². The quantitative estimate of drug-likeness (QED) is 0.708. The number of carbonyl (C=O) groups excluding carboxylic acids is 1. The van der Waals surface area contributed by atoms with E-state index in [9.17, 15) is 9.59 Å². The lowest BCUT2D eigenvalue weighted by atomic mass is 10.4. The Morgan fingerprint density at radius 3 is 2.93 bits per heavy atom. The number of carbonyl (C=O) groups is 2. The fraction of sp³-hybridized carbons (Fsp3) is 0.125. The van der Waals surface area contributed by atoms with Gasteiger partial charge in [-0.15, -0.1) is 11.3 Å². The Morgan fingerprint density at radius 1 is 1.57 bits per heavy atom. The van der Waals surface area contributed by atoms with Crippen molar-refractivity contribution < 1.29 is 14.7 Å². The smallest absolute Gasteiger partial charge is 0.328 e. The maximum Gasteiger partial charge on any atom is 0.328 e. The normalized spacial score (nSPS) is 10.3. The number of rotatable bonds is 4. The Hall–Kier alpha value is -1.69. The van der Waals surface area contributed by atoms with Crippen molar-refractivity contribution in [1.29, 1.82) is 0 Å². The number of amides is 1. The number of thiazole rings is 1. The molecule has 0 aliphatic carbocycles. The lowest BCUT2D eigenvalue weighted by molar-refractivity contribution is -0.131. The van der Waals surface area contributed by atoms with E-state index in [1.807, 2.05) is 0 Å². The summed E-state index contributed by atoms with van der Waals surface area (Å²) in [5, 5.41) is 13.3. The zero-order valence-electron chi connectivity index (χ0n) is 7.14. The van der Waals surface area contributed by atoms with Crippen molar-refractivity contribution in [3.8, 4) is 0 Å². The second-order valence-electron chi connectivity index (χ2n) is 2.32. The third-order valence-electron chi connectivity index (χ3n) is 1.27. The zero-order chi connectivity index (χ0) is 10.4. The largest absolute Gasteiger partial charge is 0.478 e. The summed E-state index contributed by atoms with van der Waals surface area (Å²) in [6.07, 6.45) is 3.40. The molecule has 1 amide bonds. The minimum atomic E-state index is -1.14. The van der Waals surface area contributed by atoms with Gasteiger partial charge in [-0.3, -0.25) is 4.79 Å². The molecule has 0 aliphatic heterocycles. The van der Waals surface area contributed by atoms with Crippen LogP contribution < -0.4 is 5.32 Å². The van der Waals surface area contributed by atoms with Gasteiger partial charge in [0.1, 0.15) is 5.01 Å². The highest BCUT2D eigenvalue weighted by Crippen LogP contribution is 2.02. The highest BCUT2D eigenvalue weighted by atomic mass is 32.1. The molecule has 1 rings (SSSR count). The topological polar surface area (TPSA) is 79.3 Å². The van der Waals surface area contributed by atoms with E-state index in [2.05, 4.69) is 10.3 Å². The molecule has 0 aliphatic rings. The van der Waals surface area contributed by atoms with Gasteiger partial charge in [-0.25, -0.2) is 9.78 Å². The molecule has 1 aromatic heterocycles. The number of carboxylic acid groups (broad SMARTS) is 1. The molecule has 0 fully saturated rings. The Balaban J connectivity index is 2.32. The van der Waals surface area contributed by atoms with Crippen LogP contribution in [0.5, 0.6) is 0 Å². The van der Waals surface area contributed by atoms with Crippen LogP contribution in [0.3, 0.4) is 0 Å². The maximum atomic E-state index is 11.0. The van der Waals surface area contributed by atoms with Crippen LogP contribution in [-0.2, 0) is 16.1 Å².